The van der Waals surface area contributed by atoms with E-state index in [1.165, 1.54) is 24.8 Å². The van der Waals surface area contributed by atoms with Crippen LogP contribution in [-0.2, 0) is 5.88 Å². The van der Waals surface area contributed by atoms with Gasteiger partial charge in [0.1, 0.15) is 0 Å². The Morgan fingerprint density at radius 2 is 2.23 bits per heavy atom. The number of aryl methyl sites for hydroxylation is 1. The van der Waals surface area contributed by atoms with Crippen LogP contribution in [-0.4, -0.2) is 0 Å². The van der Waals surface area contributed by atoms with Crippen LogP contribution in [0.25, 0.3) is 10.1 Å². The minimum Gasteiger partial charge on any atom is -0.143 e. The molecule has 0 unspecified atom stereocenters. The molecule has 0 amide bonds. The summed E-state index contributed by atoms with van der Waals surface area (Å²) < 4.78 is 2.69. The maximum Gasteiger partial charge on any atom is 0.0476 e. The summed E-state index contributed by atoms with van der Waals surface area (Å²) in [4.78, 5) is 0. The molecule has 0 bridgehead atoms. The summed E-state index contributed by atoms with van der Waals surface area (Å²) in [5, 5.41) is 3.57. The van der Waals surface area contributed by atoms with Gasteiger partial charge in [0.05, 0.1) is 0 Å². The Morgan fingerprint density at radius 3 is 2.92 bits per heavy atom. The van der Waals surface area contributed by atoms with Crippen LogP contribution >= 0.6 is 45.5 Å². The third-order valence-electron chi connectivity index (χ3n) is 2.21. The zero-order chi connectivity index (χ0) is 9.42. The maximum absolute atomic E-state index is 5.85. The molecule has 0 nitrogen and oxygen atoms in total. The number of hydrogen-bond donors (Lipinski definition) is 0. The summed E-state index contributed by atoms with van der Waals surface area (Å²) in [6, 6.07) is 4.28. The van der Waals surface area contributed by atoms with E-state index in [2.05, 4.69) is 47.0 Å². The van der Waals surface area contributed by atoms with E-state index in [9.17, 15) is 0 Å². The fourth-order valence-electron chi connectivity index (χ4n) is 1.44. The molecule has 1 aromatic heterocycles. The minimum absolute atomic E-state index is 0.605. The van der Waals surface area contributed by atoms with Gasteiger partial charge in [-0.25, -0.2) is 0 Å². The summed E-state index contributed by atoms with van der Waals surface area (Å²) in [6.07, 6.45) is 0. The first-order valence-corrected chi connectivity index (χ1v) is 6.44. The van der Waals surface area contributed by atoms with E-state index in [0.717, 1.165) is 0 Å². The number of alkyl halides is 1. The Bertz CT molecular complexity index is 447. The lowest BCUT2D eigenvalue weighted by molar-refractivity contribution is 1.33. The lowest BCUT2D eigenvalue weighted by atomic mass is 10.1. The topological polar surface area (TPSA) is 0 Å². The van der Waals surface area contributed by atoms with Gasteiger partial charge in [-0.1, -0.05) is 6.07 Å². The van der Waals surface area contributed by atoms with Crippen LogP contribution in [0.15, 0.2) is 17.5 Å². The largest absolute Gasteiger partial charge is 0.143 e. The van der Waals surface area contributed by atoms with Crippen molar-refractivity contribution in [2.75, 3.05) is 0 Å². The third-order valence-corrected chi connectivity index (χ3v) is 4.72. The van der Waals surface area contributed by atoms with E-state index in [4.69, 9.17) is 11.6 Å². The first-order valence-electron chi connectivity index (χ1n) is 3.95. The predicted molar refractivity (Wildman–Crippen MR) is 68.8 cm³/mol. The van der Waals surface area contributed by atoms with Gasteiger partial charge in [0, 0.05) is 24.9 Å². The molecule has 68 valence electrons. The van der Waals surface area contributed by atoms with E-state index in [1.54, 1.807) is 11.3 Å². The van der Waals surface area contributed by atoms with E-state index in [1.807, 2.05) is 0 Å². The maximum atomic E-state index is 5.85. The van der Waals surface area contributed by atoms with Crippen molar-refractivity contribution in [1.29, 1.82) is 0 Å². The monoisotopic (exact) mass is 322 g/mol. The smallest absolute Gasteiger partial charge is 0.0476 e. The quantitative estimate of drug-likeness (QED) is 0.533. The van der Waals surface area contributed by atoms with Crippen LogP contribution in [0.5, 0.6) is 0 Å². The Kier molecular flexibility index (Phi) is 2.81. The molecule has 2 rings (SSSR count). The summed E-state index contributed by atoms with van der Waals surface area (Å²) in [7, 11) is 0. The molecule has 0 atom stereocenters. The second kappa shape index (κ2) is 3.75. The summed E-state index contributed by atoms with van der Waals surface area (Å²) >= 11 is 10.0. The zero-order valence-electron chi connectivity index (χ0n) is 7.10. The molecule has 1 heterocycles. The Hall–Kier alpha value is 0.200. The number of halogens is 2. The van der Waals surface area contributed by atoms with Crippen LogP contribution in [0.3, 0.4) is 0 Å². The fourth-order valence-corrected chi connectivity index (χ4v) is 3.87. The molecule has 0 aliphatic rings. The van der Waals surface area contributed by atoms with Crippen molar-refractivity contribution < 1.29 is 0 Å². The summed E-state index contributed by atoms with van der Waals surface area (Å²) in [5.41, 5.74) is 2.57. The van der Waals surface area contributed by atoms with Crippen LogP contribution in [0, 0.1) is 10.5 Å². The Morgan fingerprint density at radius 1 is 1.46 bits per heavy atom. The van der Waals surface area contributed by atoms with Gasteiger partial charge in [-0.15, -0.1) is 22.9 Å². The van der Waals surface area contributed by atoms with Crippen molar-refractivity contribution in [3.05, 3.63) is 32.2 Å². The van der Waals surface area contributed by atoms with Crippen molar-refractivity contribution in [2.24, 2.45) is 0 Å². The fraction of sp³-hybridized carbons (Fsp3) is 0.200. The number of rotatable bonds is 1. The molecular weight excluding hydrogens is 315 g/mol. The average molecular weight is 323 g/mol. The first-order chi connectivity index (χ1) is 6.24. The molecule has 0 fully saturated rings. The highest BCUT2D eigenvalue weighted by molar-refractivity contribution is 14.1. The van der Waals surface area contributed by atoms with Crippen LogP contribution in [0.4, 0.5) is 0 Å². The Labute approximate surface area is 100 Å². The van der Waals surface area contributed by atoms with Crippen molar-refractivity contribution in [3.8, 4) is 0 Å². The molecule has 0 aliphatic carbocycles. The van der Waals surface area contributed by atoms with Gasteiger partial charge >= 0.3 is 0 Å². The van der Waals surface area contributed by atoms with Gasteiger partial charge in [-0.05, 0) is 46.7 Å². The normalized spacial score (nSPS) is 11.0. The van der Waals surface area contributed by atoms with Crippen LogP contribution in [0.1, 0.15) is 11.1 Å². The number of fused-ring (bicyclic) bond motifs is 1. The van der Waals surface area contributed by atoms with E-state index >= 15 is 0 Å². The molecule has 0 N–H and O–H groups in total. The molecule has 0 saturated carbocycles. The molecule has 3 heteroatoms. The second-order valence-electron chi connectivity index (χ2n) is 2.94. The van der Waals surface area contributed by atoms with Crippen molar-refractivity contribution in [1.82, 2.24) is 0 Å². The molecule has 0 aliphatic heterocycles. The number of thiophene rings is 1. The van der Waals surface area contributed by atoms with E-state index in [0.29, 0.717) is 5.88 Å². The lowest BCUT2D eigenvalue weighted by Crippen LogP contribution is -1.85. The molecule has 2 aromatic rings. The molecule has 13 heavy (non-hydrogen) atoms. The zero-order valence-corrected chi connectivity index (χ0v) is 10.8. The molecule has 1 aromatic carbocycles. The standard InChI is InChI=1S/C10H8ClIS/c1-6-7(4-11)2-3-9-10(6)8(12)5-13-9/h2-3,5H,4H2,1H3. The molecule has 0 spiro atoms. The SMILES string of the molecule is Cc1c(CCl)ccc2scc(I)c12. The van der Waals surface area contributed by atoms with Crippen molar-refractivity contribution >= 4 is 55.6 Å². The predicted octanol–water partition coefficient (Wildman–Crippen LogP) is 4.55. The van der Waals surface area contributed by atoms with Gasteiger partial charge < -0.3 is 0 Å². The highest BCUT2D eigenvalue weighted by atomic mass is 127. The first kappa shape index (κ1) is 9.74. The third kappa shape index (κ3) is 1.60. The summed E-state index contributed by atoms with van der Waals surface area (Å²) in [6.45, 7) is 2.15. The highest BCUT2D eigenvalue weighted by Gasteiger charge is 2.07. The second-order valence-corrected chi connectivity index (χ2v) is 5.28. The van der Waals surface area contributed by atoms with E-state index < -0.39 is 0 Å². The van der Waals surface area contributed by atoms with Gasteiger partial charge in [0.2, 0.25) is 0 Å². The highest BCUT2D eigenvalue weighted by Crippen LogP contribution is 2.32. The van der Waals surface area contributed by atoms with Gasteiger partial charge in [-0.3, -0.25) is 0 Å². The lowest BCUT2D eigenvalue weighted by Gasteiger charge is -2.03. The molecule has 0 radical (unpaired) electrons. The summed E-state index contributed by atoms with van der Waals surface area (Å²) in [5.74, 6) is 0.605. The van der Waals surface area contributed by atoms with Crippen molar-refractivity contribution in [2.45, 2.75) is 12.8 Å². The average Bonchev–Trinajstić information content (AvgIpc) is 2.49. The molecule has 0 saturated heterocycles. The van der Waals surface area contributed by atoms with Gasteiger partial charge in [-0.2, -0.15) is 0 Å². The Balaban J connectivity index is 2.83. The van der Waals surface area contributed by atoms with Crippen molar-refractivity contribution in [3.63, 3.8) is 0 Å². The van der Waals surface area contributed by atoms with Gasteiger partial charge in [0.25, 0.3) is 0 Å². The van der Waals surface area contributed by atoms with Gasteiger partial charge in [0.15, 0.2) is 0 Å². The van der Waals surface area contributed by atoms with Crippen LogP contribution in [0.2, 0.25) is 0 Å². The van der Waals surface area contributed by atoms with Crippen LogP contribution < -0.4 is 0 Å². The number of hydrogen-bond acceptors (Lipinski definition) is 1. The minimum atomic E-state index is 0.605. The van der Waals surface area contributed by atoms with E-state index in [-0.39, 0.29) is 0 Å². The number of benzene rings is 1. The molecular formula is C10H8ClIS.